The van der Waals surface area contributed by atoms with Crippen LogP contribution in [-0.4, -0.2) is 37.7 Å². The zero-order chi connectivity index (χ0) is 11.8. The fraction of sp³-hybridized carbons (Fsp3) is 0.818. The average Bonchev–Trinajstić information content (AvgIpc) is 2.34. The summed E-state index contributed by atoms with van der Waals surface area (Å²) in [6.45, 7) is 3.85. The molecular formula is C11H19N3O2. The Labute approximate surface area is 95.8 Å². The molecule has 0 bridgehead atoms. The lowest BCUT2D eigenvalue weighted by Crippen LogP contribution is -2.32. The van der Waals surface area contributed by atoms with Crippen LogP contribution in [0.1, 0.15) is 26.2 Å². The van der Waals surface area contributed by atoms with Gasteiger partial charge in [-0.1, -0.05) is 5.18 Å². The summed E-state index contributed by atoms with van der Waals surface area (Å²) in [5, 5.41) is 10.4. The third-order valence-corrected chi connectivity index (χ3v) is 2.80. The number of hydrogen-bond acceptors (Lipinski definition) is 5. The van der Waals surface area contributed by atoms with Crippen LogP contribution < -0.4 is 0 Å². The van der Waals surface area contributed by atoms with Crippen LogP contribution in [0.4, 0.5) is 0 Å². The number of rotatable bonds is 6. The van der Waals surface area contributed by atoms with Gasteiger partial charge in [0, 0.05) is 18.5 Å². The van der Waals surface area contributed by atoms with Gasteiger partial charge in [-0.15, -0.1) is 0 Å². The van der Waals surface area contributed by atoms with E-state index < -0.39 is 0 Å². The first-order chi connectivity index (χ1) is 7.83. The van der Waals surface area contributed by atoms with Gasteiger partial charge < -0.3 is 10.1 Å². The summed E-state index contributed by atoms with van der Waals surface area (Å²) in [6, 6.07) is -0.294. The molecular weight excluding hydrogens is 206 g/mol. The van der Waals surface area contributed by atoms with Crippen molar-refractivity contribution in [3.63, 3.8) is 0 Å². The SMILES string of the molecule is CCOCCN=C1CCCC(N=O)C1C=N. The first-order valence-electron chi connectivity index (χ1n) is 5.77. The van der Waals surface area contributed by atoms with Gasteiger partial charge in [0.2, 0.25) is 0 Å². The molecule has 1 N–H and O–H groups in total. The number of hydrogen-bond donors (Lipinski definition) is 1. The molecule has 1 saturated carbocycles. The Balaban J connectivity index is 2.54. The van der Waals surface area contributed by atoms with Crippen molar-refractivity contribution in [2.45, 2.75) is 32.2 Å². The summed E-state index contributed by atoms with van der Waals surface area (Å²) in [6.07, 6.45) is 3.88. The molecule has 0 aromatic heterocycles. The maximum absolute atomic E-state index is 10.6. The first kappa shape index (κ1) is 13.0. The van der Waals surface area contributed by atoms with Crippen LogP contribution in [0, 0.1) is 16.2 Å². The highest BCUT2D eigenvalue weighted by molar-refractivity contribution is 5.99. The van der Waals surface area contributed by atoms with Crippen molar-refractivity contribution in [2.24, 2.45) is 16.1 Å². The van der Waals surface area contributed by atoms with E-state index in [-0.39, 0.29) is 12.0 Å². The normalized spacial score (nSPS) is 27.9. The van der Waals surface area contributed by atoms with Crippen molar-refractivity contribution >= 4 is 11.9 Å². The number of ether oxygens (including phenoxy) is 1. The summed E-state index contributed by atoms with van der Waals surface area (Å²) in [7, 11) is 0. The van der Waals surface area contributed by atoms with Gasteiger partial charge in [0.25, 0.3) is 0 Å². The minimum absolute atomic E-state index is 0.187. The summed E-state index contributed by atoms with van der Waals surface area (Å²) in [5.41, 5.74) is 0.936. The molecule has 1 aliphatic carbocycles. The van der Waals surface area contributed by atoms with Crippen LogP contribution in [-0.2, 0) is 4.74 Å². The molecule has 5 heteroatoms. The Hall–Kier alpha value is -1.10. The van der Waals surface area contributed by atoms with Gasteiger partial charge in [-0.05, 0) is 26.2 Å². The molecule has 0 aromatic carbocycles. The van der Waals surface area contributed by atoms with E-state index in [0.717, 1.165) is 25.0 Å². The third kappa shape index (κ3) is 3.48. The lowest BCUT2D eigenvalue weighted by molar-refractivity contribution is 0.155. The van der Waals surface area contributed by atoms with E-state index >= 15 is 0 Å². The summed E-state index contributed by atoms with van der Waals surface area (Å²) < 4.78 is 5.20. The van der Waals surface area contributed by atoms with Crippen molar-refractivity contribution < 1.29 is 4.74 Å². The van der Waals surface area contributed by atoms with E-state index in [9.17, 15) is 4.91 Å². The molecule has 0 aliphatic heterocycles. The summed E-state index contributed by atoms with van der Waals surface area (Å²) in [4.78, 5) is 15.0. The van der Waals surface area contributed by atoms with Gasteiger partial charge in [-0.25, -0.2) is 0 Å². The molecule has 1 fully saturated rings. The maximum Gasteiger partial charge on any atom is 0.105 e. The number of nitroso groups, excluding NO2 is 1. The second-order valence-electron chi connectivity index (χ2n) is 3.83. The zero-order valence-electron chi connectivity index (χ0n) is 9.69. The zero-order valence-corrected chi connectivity index (χ0v) is 9.69. The Bertz CT molecular complexity index is 266. The lowest BCUT2D eigenvalue weighted by Gasteiger charge is -2.25. The van der Waals surface area contributed by atoms with Gasteiger partial charge in [-0.2, -0.15) is 4.91 Å². The molecule has 2 atom stereocenters. The maximum atomic E-state index is 10.6. The summed E-state index contributed by atoms with van der Waals surface area (Å²) >= 11 is 0. The highest BCUT2D eigenvalue weighted by Gasteiger charge is 2.29. The fourth-order valence-corrected chi connectivity index (χ4v) is 1.97. The van der Waals surface area contributed by atoms with Crippen LogP contribution in [0.15, 0.2) is 10.2 Å². The average molecular weight is 225 g/mol. The van der Waals surface area contributed by atoms with E-state index in [1.54, 1.807) is 0 Å². The highest BCUT2D eigenvalue weighted by atomic mass is 16.5. The molecule has 1 aliphatic rings. The molecule has 16 heavy (non-hydrogen) atoms. The number of nitrogens with zero attached hydrogens (tertiary/aromatic N) is 2. The van der Waals surface area contributed by atoms with E-state index in [2.05, 4.69) is 10.2 Å². The second-order valence-corrected chi connectivity index (χ2v) is 3.83. The van der Waals surface area contributed by atoms with Crippen molar-refractivity contribution in [3.8, 4) is 0 Å². The minimum Gasteiger partial charge on any atom is -0.380 e. The largest absolute Gasteiger partial charge is 0.380 e. The smallest absolute Gasteiger partial charge is 0.105 e. The minimum atomic E-state index is -0.294. The number of aliphatic imine (C=N–C) groups is 1. The molecule has 0 spiro atoms. The molecule has 0 radical (unpaired) electrons. The van der Waals surface area contributed by atoms with Crippen molar-refractivity contribution in [1.29, 1.82) is 5.41 Å². The lowest BCUT2D eigenvalue weighted by atomic mass is 9.84. The Morgan fingerprint density at radius 1 is 1.62 bits per heavy atom. The van der Waals surface area contributed by atoms with Crippen molar-refractivity contribution in [1.82, 2.24) is 0 Å². The van der Waals surface area contributed by atoms with Crippen molar-refractivity contribution in [2.75, 3.05) is 19.8 Å². The van der Waals surface area contributed by atoms with Gasteiger partial charge in [0.15, 0.2) is 0 Å². The van der Waals surface area contributed by atoms with Crippen LogP contribution >= 0.6 is 0 Å². The molecule has 0 aromatic rings. The molecule has 0 amide bonds. The Morgan fingerprint density at radius 2 is 2.44 bits per heavy atom. The monoisotopic (exact) mass is 225 g/mol. The topological polar surface area (TPSA) is 74.9 Å². The molecule has 5 nitrogen and oxygen atoms in total. The highest BCUT2D eigenvalue weighted by Crippen LogP contribution is 2.23. The van der Waals surface area contributed by atoms with Crippen LogP contribution in [0.2, 0.25) is 0 Å². The van der Waals surface area contributed by atoms with E-state index in [1.165, 1.54) is 6.21 Å². The molecule has 0 saturated heterocycles. The molecule has 0 heterocycles. The number of nitrogens with one attached hydrogen (secondary N) is 1. The van der Waals surface area contributed by atoms with Gasteiger partial charge >= 0.3 is 0 Å². The fourth-order valence-electron chi connectivity index (χ4n) is 1.97. The summed E-state index contributed by atoms with van der Waals surface area (Å²) in [5.74, 6) is -0.187. The van der Waals surface area contributed by atoms with E-state index in [0.29, 0.717) is 19.8 Å². The van der Waals surface area contributed by atoms with Crippen LogP contribution in [0.5, 0.6) is 0 Å². The van der Waals surface area contributed by atoms with Gasteiger partial charge in [-0.3, -0.25) is 4.99 Å². The standard InChI is InChI=1S/C11H19N3O2/c1-2-16-7-6-13-10-4-3-5-11(14-15)9(10)8-12/h8-9,11-12H,2-7H2,1H3. The third-order valence-electron chi connectivity index (χ3n) is 2.80. The van der Waals surface area contributed by atoms with E-state index in [1.807, 2.05) is 6.92 Å². The molecule has 90 valence electrons. The van der Waals surface area contributed by atoms with Gasteiger partial charge in [0.05, 0.1) is 19.1 Å². The second kappa shape index (κ2) is 7.22. The predicted molar refractivity (Wildman–Crippen MR) is 64.5 cm³/mol. The van der Waals surface area contributed by atoms with Crippen LogP contribution in [0.25, 0.3) is 0 Å². The predicted octanol–water partition coefficient (Wildman–Crippen LogP) is 2.05. The Morgan fingerprint density at radius 3 is 3.06 bits per heavy atom. The van der Waals surface area contributed by atoms with Gasteiger partial charge in [0.1, 0.15) is 6.04 Å². The molecule has 1 rings (SSSR count). The molecule has 2 unspecified atom stereocenters. The van der Waals surface area contributed by atoms with Crippen LogP contribution in [0.3, 0.4) is 0 Å². The van der Waals surface area contributed by atoms with E-state index in [4.69, 9.17) is 10.1 Å². The first-order valence-corrected chi connectivity index (χ1v) is 5.77. The van der Waals surface area contributed by atoms with Crippen molar-refractivity contribution in [3.05, 3.63) is 4.91 Å². The quantitative estimate of drug-likeness (QED) is 0.426. The Kier molecular flexibility index (Phi) is 5.85.